The fourth-order valence-electron chi connectivity index (χ4n) is 2.21. The van der Waals surface area contributed by atoms with E-state index in [1.165, 1.54) is 11.3 Å². The number of halogens is 1. The van der Waals surface area contributed by atoms with Crippen LogP contribution in [0.3, 0.4) is 0 Å². The van der Waals surface area contributed by atoms with Crippen LogP contribution >= 0.6 is 27.3 Å². The van der Waals surface area contributed by atoms with Crippen molar-refractivity contribution in [1.82, 2.24) is 15.8 Å². The molecule has 0 aliphatic carbocycles. The Kier molecular flexibility index (Phi) is 6.20. The molecule has 27 heavy (non-hydrogen) atoms. The monoisotopic (exact) mass is 445 g/mol. The number of hydrogen-bond acceptors (Lipinski definition) is 5. The van der Waals surface area contributed by atoms with Crippen LogP contribution in [-0.2, 0) is 4.79 Å². The molecule has 0 radical (unpaired) electrons. The molecule has 2 aromatic carbocycles. The lowest BCUT2D eigenvalue weighted by Gasteiger charge is -2.08. The molecule has 0 saturated carbocycles. The number of thiazole rings is 1. The maximum absolute atomic E-state index is 12.3. The van der Waals surface area contributed by atoms with Gasteiger partial charge in [-0.2, -0.15) is 0 Å². The molecule has 0 saturated heterocycles. The van der Waals surface area contributed by atoms with Crippen LogP contribution < -0.4 is 15.6 Å². The first-order chi connectivity index (χ1) is 13.0. The van der Waals surface area contributed by atoms with E-state index >= 15 is 0 Å². The minimum atomic E-state index is -0.461. The van der Waals surface area contributed by atoms with Gasteiger partial charge in [-0.05, 0) is 31.2 Å². The van der Waals surface area contributed by atoms with Gasteiger partial charge in [-0.25, -0.2) is 4.98 Å². The van der Waals surface area contributed by atoms with Crippen molar-refractivity contribution < 1.29 is 14.3 Å². The summed E-state index contributed by atoms with van der Waals surface area (Å²) < 4.78 is 6.27. The predicted molar refractivity (Wildman–Crippen MR) is 108 cm³/mol. The third-order valence-electron chi connectivity index (χ3n) is 3.52. The van der Waals surface area contributed by atoms with E-state index in [9.17, 15) is 9.59 Å². The highest BCUT2D eigenvalue weighted by molar-refractivity contribution is 9.10. The van der Waals surface area contributed by atoms with Gasteiger partial charge in [0.25, 0.3) is 11.8 Å². The van der Waals surface area contributed by atoms with E-state index in [-0.39, 0.29) is 6.61 Å². The van der Waals surface area contributed by atoms with Gasteiger partial charge in [-0.1, -0.05) is 46.3 Å². The zero-order valence-corrected chi connectivity index (χ0v) is 16.8. The normalized spacial score (nSPS) is 10.3. The molecule has 2 amide bonds. The topological polar surface area (TPSA) is 80.3 Å². The molecule has 0 atom stereocenters. The molecule has 3 aromatic rings. The van der Waals surface area contributed by atoms with Crippen molar-refractivity contribution in [2.75, 3.05) is 6.61 Å². The molecule has 0 unspecified atom stereocenters. The Labute approximate surface area is 168 Å². The largest absolute Gasteiger partial charge is 0.484 e. The van der Waals surface area contributed by atoms with Crippen molar-refractivity contribution in [3.05, 3.63) is 69.6 Å². The molecular formula is C19H16BrN3O3S. The van der Waals surface area contributed by atoms with Gasteiger partial charge in [0.15, 0.2) is 6.61 Å². The molecule has 0 bridgehead atoms. The number of nitrogens with zero attached hydrogens (tertiary/aromatic N) is 1. The number of ether oxygens (including phenoxy) is 1. The van der Waals surface area contributed by atoms with E-state index in [0.29, 0.717) is 16.3 Å². The van der Waals surface area contributed by atoms with Crippen molar-refractivity contribution in [3.63, 3.8) is 0 Å². The Balaban J connectivity index is 1.54. The molecule has 138 valence electrons. The van der Waals surface area contributed by atoms with Gasteiger partial charge in [0.05, 0.1) is 5.69 Å². The van der Waals surface area contributed by atoms with Gasteiger partial charge in [0.1, 0.15) is 15.6 Å². The highest BCUT2D eigenvalue weighted by Gasteiger charge is 2.16. The lowest BCUT2D eigenvalue weighted by atomic mass is 10.2. The van der Waals surface area contributed by atoms with Crippen molar-refractivity contribution in [2.45, 2.75) is 6.92 Å². The Bertz CT molecular complexity index is 943. The molecule has 3 rings (SSSR count). The third-order valence-corrected chi connectivity index (χ3v) is 5.26. The number of amides is 2. The smallest absolute Gasteiger partial charge is 0.281 e. The first kappa shape index (κ1) is 19.1. The number of aromatic nitrogens is 1. The summed E-state index contributed by atoms with van der Waals surface area (Å²) in [6.07, 6.45) is 0. The number of rotatable bonds is 5. The van der Waals surface area contributed by atoms with Crippen LogP contribution in [0.1, 0.15) is 15.4 Å². The number of hydrazine groups is 1. The molecule has 2 N–H and O–H groups in total. The highest BCUT2D eigenvalue weighted by atomic mass is 79.9. The van der Waals surface area contributed by atoms with Crippen LogP contribution in [0.15, 0.2) is 59.1 Å². The molecule has 0 aliphatic heterocycles. The summed E-state index contributed by atoms with van der Waals surface area (Å²) >= 11 is 4.60. The predicted octanol–water partition coefficient (Wildman–Crippen LogP) is 3.72. The van der Waals surface area contributed by atoms with E-state index in [2.05, 4.69) is 31.8 Å². The molecule has 1 aromatic heterocycles. The lowest BCUT2D eigenvalue weighted by molar-refractivity contribution is -0.123. The summed E-state index contributed by atoms with van der Waals surface area (Å²) in [6.45, 7) is 1.55. The number of nitrogens with one attached hydrogen (secondary N) is 2. The number of carbonyl (C=O) groups excluding carboxylic acids is 2. The van der Waals surface area contributed by atoms with Crippen LogP contribution in [-0.4, -0.2) is 23.4 Å². The average molecular weight is 446 g/mol. The standard InChI is InChI=1S/C19H16BrN3O3S/c1-12-17(27-19(21-12)13-5-3-2-4-6-13)18(25)23-22-16(24)11-26-15-9-7-14(20)8-10-15/h2-10H,11H2,1H3,(H,22,24)(H,23,25). The summed E-state index contributed by atoms with van der Waals surface area (Å²) in [4.78, 5) is 29.1. The minimum Gasteiger partial charge on any atom is -0.484 e. The van der Waals surface area contributed by atoms with E-state index in [0.717, 1.165) is 15.0 Å². The molecule has 0 spiro atoms. The summed E-state index contributed by atoms with van der Waals surface area (Å²) in [5, 5.41) is 0.753. The zero-order valence-electron chi connectivity index (χ0n) is 14.4. The van der Waals surface area contributed by atoms with E-state index in [1.807, 2.05) is 42.5 Å². The number of carbonyl (C=O) groups is 2. The first-order valence-corrected chi connectivity index (χ1v) is 9.64. The van der Waals surface area contributed by atoms with Gasteiger partial charge in [0.2, 0.25) is 0 Å². The highest BCUT2D eigenvalue weighted by Crippen LogP contribution is 2.27. The fraction of sp³-hybridized carbons (Fsp3) is 0.105. The molecule has 8 heteroatoms. The lowest BCUT2D eigenvalue weighted by Crippen LogP contribution is -2.43. The Morgan fingerprint density at radius 1 is 1.07 bits per heavy atom. The van der Waals surface area contributed by atoms with Crippen LogP contribution in [0.25, 0.3) is 10.6 Å². The van der Waals surface area contributed by atoms with E-state index in [4.69, 9.17) is 4.74 Å². The summed E-state index contributed by atoms with van der Waals surface area (Å²) in [5.41, 5.74) is 6.29. The fourth-order valence-corrected chi connectivity index (χ4v) is 3.44. The second-order valence-electron chi connectivity index (χ2n) is 5.54. The zero-order chi connectivity index (χ0) is 19.2. The Morgan fingerprint density at radius 2 is 1.78 bits per heavy atom. The maximum Gasteiger partial charge on any atom is 0.281 e. The van der Waals surface area contributed by atoms with E-state index < -0.39 is 11.8 Å². The second kappa shape index (κ2) is 8.79. The van der Waals surface area contributed by atoms with Gasteiger partial charge in [-0.15, -0.1) is 11.3 Å². The molecular weight excluding hydrogens is 430 g/mol. The van der Waals surface area contributed by atoms with Crippen LogP contribution in [0.4, 0.5) is 0 Å². The molecule has 1 heterocycles. The minimum absolute atomic E-state index is 0.209. The maximum atomic E-state index is 12.3. The molecule has 0 fully saturated rings. The quantitative estimate of drug-likeness (QED) is 0.586. The van der Waals surface area contributed by atoms with Gasteiger partial charge in [0, 0.05) is 10.0 Å². The van der Waals surface area contributed by atoms with Crippen LogP contribution in [0.2, 0.25) is 0 Å². The van der Waals surface area contributed by atoms with Gasteiger partial charge in [-0.3, -0.25) is 20.4 Å². The summed E-state index contributed by atoms with van der Waals surface area (Å²) in [7, 11) is 0. The van der Waals surface area contributed by atoms with Crippen molar-refractivity contribution in [2.24, 2.45) is 0 Å². The Morgan fingerprint density at radius 3 is 2.48 bits per heavy atom. The Hall–Kier alpha value is -2.71. The van der Waals surface area contributed by atoms with Gasteiger partial charge < -0.3 is 4.74 Å². The average Bonchev–Trinajstić information content (AvgIpc) is 3.08. The SMILES string of the molecule is Cc1nc(-c2ccccc2)sc1C(=O)NNC(=O)COc1ccc(Br)cc1. The first-order valence-electron chi connectivity index (χ1n) is 8.03. The van der Waals surface area contributed by atoms with E-state index in [1.54, 1.807) is 19.1 Å². The van der Waals surface area contributed by atoms with Crippen LogP contribution in [0.5, 0.6) is 5.75 Å². The molecule has 6 nitrogen and oxygen atoms in total. The summed E-state index contributed by atoms with van der Waals surface area (Å²) in [6, 6.07) is 16.7. The summed E-state index contributed by atoms with van der Waals surface area (Å²) in [5.74, 6) is -0.314. The number of hydrogen-bond donors (Lipinski definition) is 2. The third kappa shape index (κ3) is 5.15. The molecule has 0 aliphatic rings. The van der Waals surface area contributed by atoms with Crippen molar-refractivity contribution in [3.8, 4) is 16.3 Å². The van der Waals surface area contributed by atoms with Crippen molar-refractivity contribution in [1.29, 1.82) is 0 Å². The van der Waals surface area contributed by atoms with Crippen molar-refractivity contribution >= 4 is 39.1 Å². The van der Waals surface area contributed by atoms with Crippen LogP contribution in [0, 0.1) is 6.92 Å². The van der Waals surface area contributed by atoms with Gasteiger partial charge >= 0.3 is 0 Å². The second-order valence-corrected chi connectivity index (χ2v) is 7.46. The number of aryl methyl sites for hydroxylation is 1. The number of benzene rings is 2.